The van der Waals surface area contributed by atoms with E-state index in [0.717, 1.165) is 41.5 Å². The van der Waals surface area contributed by atoms with Crippen LogP contribution in [0.15, 0.2) is 60.8 Å². The minimum Gasteiger partial charge on any atom is -0.337 e. The number of hydrogen-bond acceptors (Lipinski definition) is 3. The van der Waals surface area contributed by atoms with Gasteiger partial charge in [0, 0.05) is 37.3 Å². The quantitative estimate of drug-likeness (QED) is 0.786. The van der Waals surface area contributed by atoms with E-state index in [0.29, 0.717) is 12.5 Å². The van der Waals surface area contributed by atoms with Gasteiger partial charge >= 0.3 is 0 Å². The summed E-state index contributed by atoms with van der Waals surface area (Å²) in [5.74, 6) is 0.566. The van der Waals surface area contributed by atoms with Crippen LogP contribution in [-0.2, 0) is 6.54 Å². The average molecular weight is 345 g/mol. The summed E-state index contributed by atoms with van der Waals surface area (Å²) in [5, 5.41) is 4.49. The monoisotopic (exact) mass is 345 g/mol. The first-order chi connectivity index (χ1) is 12.7. The van der Waals surface area contributed by atoms with Crippen molar-refractivity contribution in [3.05, 3.63) is 77.5 Å². The van der Waals surface area contributed by atoms with Crippen molar-refractivity contribution >= 4 is 16.8 Å². The summed E-state index contributed by atoms with van der Waals surface area (Å²) in [6, 6.07) is 18.2. The zero-order chi connectivity index (χ0) is 17.9. The normalized spacial score (nSPS) is 16.7. The summed E-state index contributed by atoms with van der Waals surface area (Å²) in [4.78, 5) is 19.1. The van der Waals surface area contributed by atoms with Crippen molar-refractivity contribution in [3.63, 3.8) is 0 Å². The number of aromatic nitrogens is 1. The molecule has 1 aliphatic rings. The maximum Gasteiger partial charge on any atom is 0.253 e. The molecule has 1 atom stereocenters. The van der Waals surface area contributed by atoms with Gasteiger partial charge in [0.15, 0.2) is 0 Å². The standard InChI is InChI=1S/C22H23N3O/c1-25(15-19-7-3-9-21-20(19)8-4-11-24-21)22(26)17-6-2-5-16(13-17)18-10-12-23-14-18/h2-9,11,13,18,23H,10,12,14-15H2,1H3. The fourth-order valence-corrected chi connectivity index (χ4v) is 3.72. The number of benzene rings is 2. The van der Waals surface area contributed by atoms with E-state index in [1.165, 1.54) is 5.56 Å². The SMILES string of the molecule is CN(Cc1cccc2ncccc12)C(=O)c1cccc(C2CCNC2)c1. The molecule has 1 saturated heterocycles. The lowest BCUT2D eigenvalue weighted by Crippen LogP contribution is -2.26. The Morgan fingerprint density at radius 3 is 2.92 bits per heavy atom. The van der Waals surface area contributed by atoms with Crippen LogP contribution in [0.25, 0.3) is 10.9 Å². The van der Waals surface area contributed by atoms with Gasteiger partial charge in [0.1, 0.15) is 0 Å². The highest BCUT2D eigenvalue weighted by molar-refractivity contribution is 5.94. The molecule has 1 fully saturated rings. The molecule has 132 valence electrons. The molecule has 4 heteroatoms. The first-order valence-electron chi connectivity index (χ1n) is 9.11. The number of nitrogens with zero attached hydrogens (tertiary/aromatic N) is 2. The smallest absolute Gasteiger partial charge is 0.253 e. The second-order valence-corrected chi connectivity index (χ2v) is 6.96. The van der Waals surface area contributed by atoms with Crippen LogP contribution in [0.5, 0.6) is 0 Å². The molecule has 0 spiro atoms. The average Bonchev–Trinajstić information content (AvgIpc) is 3.23. The highest BCUT2D eigenvalue weighted by Crippen LogP contribution is 2.24. The molecule has 26 heavy (non-hydrogen) atoms. The Labute approximate surface area is 153 Å². The maximum atomic E-state index is 12.9. The largest absolute Gasteiger partial charge is 0.337 e. The van der Waals surface area contributed by atoms with E-state index >= 15 is 0 Å². The van der Waals surface area contributed by atoms with Gasteiger partial charge < -0.3 is 10.2 Å². The number of amides is 1. The molecule has 2 heterocycles. The van der Waals surface area contributed by atoms with Crippen LogP contribution in [0.1, 0.15) is 33.8 Å². The molecule has 0 aliphatic carbocycles. The number of carbonyl (C=O) groups excluding carboxylic acids is 1. The molecule has 1 amide bonds. The fraction of sp³-hybridized carbons (Fsp3) is 0.273. The molecular formula is C22H23N3O. The predicted molar refractivity (Wildman–Crippen MR) is 104 cm³/mol. The molecule has 1 aromatic heterocycles. The van der Waals surface area contributed by atoms with Gasteiger partial charge in [-0.05, 0) is 54.3 Å². The van der Waals surface area contributed by atoms with Crippen molar-refractivity contribution in [2.75, 3.05) is 20.1 Å². The topological polar surface area (TPSA) is 45.2 Å². The first-order valence-corrected chi connectivity index (χ1v) is 9.11. The van der Waals surface area contributed by atoms with E-state index < -0.39 is 0 Å². The Kier molecular flexibility index (Phi) is 4.67. The van der Waals surface area contributed by atoms with Gasteiger partial charge in [0.25, 0.3) is 5.91 Å². The lowest BCUT2D eigenvalue weighted by Gasteiger charge is -2.19. The van der Waals surface area contributed by atoms with Crippen LogP contribution >= 0.6 is 0 Å². The minimum absolute atomic E-state index is 0.0544. The summed E-state index contributed by atoms with van der Waals surface area (Å²) in [6.45, 7) is 2.62. The van der Waals surface area contributed by atoms with E-state index in [1.807, 2.05) is 37.4 Å². The Balaban J connectivity index is 1.55. The van der Waals surface area contributed by atoms with Gasteiger partial charge in [-0.3, -0.25) is 9.78 Å². The molecule has 4 rings (SSSR count). The molecule has 0 bridgehead atoms. The Hall–Kier alpha value is -2.72. The molecule has 0 saturated carbocycles. The van der Waals surface area contributed by atoms with Gasteiger partial charge in [0.05, 0.1) is 5.52 Å². The molecule has 4 nitrogen and oxygen atoms in total. The third-order valence-corrected chi connectivity index (χ3v) is 5.16. The summed E-state index contributed by atoms with van der Waals surface area (Å²) < 4.78 is 0. The highest BCUT2D eigenvalue weighted by atomic mass is 16.2. The molecule has 3 aromatic rings. The number of rotatable bonds is 4. The van der Waals surface area contributed by atoms with Gasteiger partial charge in [-0.1, -0.05) is 30.3 Å². The van der Waals surface area contributed by atoms with Gasteiger partial charge in [-0.15, -0.1) is 0 Å². The first kappa shape index (κ1) is 16.7. The van der Waals surface area contributed by atoms with Crippen molar-refractivity contribution in [1.82, 2.24) is 15.2 Å². The number of nitrogens with one attached hydrogen (secondary N) is 1. The Morgan fingerprint density at radius 1 is 1.19 bits per heavy atom. The predicted octanol–water partition coefficient (Wildman–Crippen LogP) is 3.58. The Morgan fingerprint density at radius 2 is 2.08 bits per heavy atom. The molecule has 1 N–H and O–H groups in total. The molecule has 1 aliphatic heterocycles. The van der Waals surface area contributed by atoms with E-state index in [9.17, 15) is 4.79 Å². The third-order valence-electron chi connectivity index (χ3n) is 5.16. The number of hydrogen-bond donors (Lipinski definition) is 1. The molecular weight excluding hydrogens is 322 g/mol. The van der Waals surface area contributed by atoms with Crippen molar-refractivity contribution in [2.24, 2.45) is 0 Å². The minimum atomic E-state index is 0.0544. The van der Waals surface area contributed by atoms with Crippen LogP contribution in [-0.4, -0.2) is 35.9 Å². The summed E-state index contributed by atoms with van der Waals surface area (Å²) in [6.07, 6.45) is 2.93. The van der Waals surface area contributed by atoms with E-state index in [2.05, 4.69) is 34.6 Å². The van der Waals surface area contributed by atoms with Crippen molar-refractivity contribution in [2.45, 2.75) is 18.9 Å². The number of fused-ring (bicyclic) bond motifs is 1. The molecule has 0 radical (unpaired) electrons. The van der Waals surface area contributed by atoms with Crippen LogP contribution in [0.2, 0.25) is 0 Å². The van der Waals surface area contributed by atoms with Crippen LogP contribution in [0.3, 0.4) is 0 Å². The summed E-state index contributed by atoms with van der Waals surface area (Å²) >= 11 is 0. The zero-order valence-corrected chi connectivity index (χ0v) is 15.0. The van der Waals surface area contributed by atoms with E-state index in [1.54, 1.807) is 11.1 Å². The number of carbonyl (C=O) groups is 1. The lowest BCUT2D eigenvalue weighted by atomic mass is 9.96. The zero-order valence-electron chi connectivity index (χ0n) is 15.0. The number of pyridine rings is 1. The summed E-state index contributed by atoms with van der Waals surface area (Å²) in [5.41, 5.74) is 4.09. The van der Waals surface area contributed by atoms with E-state index in [4.69, 9.17) is 0 Å². The molecule has 2 aromatic carbocycles. The third kappa shape index (κ3) is 3.33. The second-order valence-electron chi connectivity index (χ2n) is 6.96. The summed E-state index contributed by atoms with van der Waals surface area (Å²) in [7, 11) is 1.86. The van der Waals surface area contributed by atoms with Crippen molar-refractivity contribution in [1.29, 1.82) is 0 Å². The van der Waals surface area contributed by atoms with Gasteiger partial charge in [-0.25, -0.2) is 0 Å². The van der Waals surface area contributed by atoms with Crippen molar-refractivity contribution in [3.8, 4) is 0 Å². The Bertz CT molecular complexity index is 926. The molecule has 1 unspecified atom stereocenters. The van der Waals surface area contributed by atoms with Crippen molar-refractivity contribution < 1.29 is 4.79 Å². The van der Waals surface area contributed by atoms with Crippen LogP contribution in [0, 0.1) is 0 Å². The highest BCUT2D eigenvalue weighted by Gasteiger charge is 2.19. The van der Waals surface area contributed by atoms with Gasteiger partial charge in [-0.2, -0.15) is 0 Å². The van der Waals surface area contributed by atoms with Gasteiger partial charge in [0.2, 0.25) is 0 Å². The van der Waals surface area contributed by atoms with Crippen LogP contribution in [0.4, 0.5) is 0 Å². The van der Waals surface area contributed by atoms with Crippen LogP contribution < -0.4 is 5.32 Å². The second kappa shape index (κ2) is 7.26. The van der Waals surface area contributed by atoms with E-state index in [-0.39, 0.29) is 5.91 Å². The maximum absolute atomic E-state index is 12.9. The fourth-order valence-electron chi connectivity index (χ4n) is 3.72. The lowest BCUT2D eigenvalue weighted by molar-refractivity contribution is 0.0785.